The second-order valence-electron chi connectivity index (χ2n) is 6.99. The zero-order chi connectivity index (χ0) is 19.6. The maximum atomic E-state index is 12.5. The molecule has 0 saturated carbocycles. The number of hydrogen-bond donors (Lipinski definition) is 3. The van der Waals surface area contributed by atoms with Gasteiger partial charge in [-0.15, -0.1) is 0 Å². The standard InChI is InChI=1S/C19H26ClN5O2/c1-12(26)25-6-4-5-16(11-25)24(3)19(27)22-10-15-8-13-7-14(20)9-17(21-2)18(13)23-15/h7-9,16,21,23H,4-6,10-11H2,1-3H3,(H,22,27)/t16-/m1/s1. The molecule has 1 aromatic carbocycles. The van der Waals surface area contributed by atoms with Gasteiger partial charge in [0.1, 0.15) is 0 Å². The number of nitrogens with one attached hydrogen (secondary N) is 3. The molecule has 0 unspecified atom stereocenters. The van der Waals surface area contributed by atoms with Crippen LogP contribution in [-0.2, 0) is 11.3 Å². The van der Waals surface area contributed by atoms with Crippen LogP contribution in [0.5, 0.6) is 0 Å². The second kappa shape index (κ2) is 8.08. The van der Waals surface area contributed by atoms with Crippen LogP contribution in [0.25, 0.3) is 10.9 Å². The van der Waals surface area contributed by atoms with E-state index >= 15 is 0 Å². The fraction of sp³-hybridized carbons (Fsp3) is 0.474. The molecular weight excluding hydrogens is 366 g/mol. The largest absolute Gasteiger partial charge is 0.386 e. The molecule has 1 fully saturated rings. The number of halogens is 1. The summed E-state index contributed by atoms with van der Waals surface area (Å²) in [5.41, 5.74) is 2.78. The first kappa shape index (κ1) is 19.4. The molecule has 1 aliphatic rings. The highest BCUT2D eigenvalue weighted by molar-refractivity contribution is 6.31. The van der Waals surface area contributed by atoms with Crippen LogP contribution in [0.4, 0.5) is 10.5 Å². The molecule has 1 aromatic heterocycles. The summed E-state index contributed by atoms with van der Waals surface area (Å²) in [6.07, 6.45) is 1.82. The quantitative estimate of drug-likeness (QED) is 0.749. The Morgan fingerprint density at radius 3 is 2.85 bits per heavy atom. The van der Waals surface area contributed by atoms with Gasteiger partial charge in [-0.05, 0) is 31.0 Å². The normalized spacial score (nSPS) is 17.0. The summed E-state index contributed by atoms with van der Waals surface area (Å²) in [5, 5.41) is 7.73. The number of amides is 3. The monoisotopic (exact) mass is 391 g/mol. The first-order valence-corrected chi connectivity index (χ1v) is 9.52. The molecular formula is C19H26ClN5O2. The summed E-state index contributed by atoms with van der Waals surface area (Å²) in [4.78, 5) is 31.0. The molecule has 7 nitrogen and oxygen atoms in total. The van der Waals surface area contributed by atoms with Crippen molar-refractivity contribution in [3.8, 4) is 0 Å². The van der Waals surface area contributed by atoms with E-state index in [0.29, 0.717) is 18.1 Å². The van der Waals surface area contributed by atoms with Gasteiger partial charge in [-0.1, -0.05) is 11.6 Å². The number of carbonyl (C=O) groups excluding carboxylic acids is 2. The predicted octanol–water partition coefficient (Wildman–Crippen LogP) is 3.02. The van der Waals surface area contributed by atoms with E-state index in [9.17, 15) is 9.59 Å². The Hall–Kier alpha value is -2.41. The molecule has 1 aliphatic heterocycles. The summed E-state index contributed by atoms with van der Waals surface area (Å²) < 4.78 is 0. The number of likely N-dealkylation sites (tertiary alicyclic amines) is 1. The summed E-state index contributed by atoms with van der Waals surface area (Å²) in [7, 11) is 3.63. The van der Waals surface area contributed by atoms with Gasteiger partial charge in [0.15, 0.2) is 0 Å². The highest BCUT2D eigenvalue weighted by Gasteiger charge is 2.27. The molecule has 1 atom stereocenters. The molecule has 146 valence electrons. The van der Waals surface area contributed by atoms with Crippen molar-refractivity contribution < 1.29 is 9.59 Å². The highest BCUT2D eigenvalue weighted by atomic mass is 35.5. The Morgan fingerprint density at radius 1 is 1.37 bits per heavy atom. The van der Waals surface area contributed by atoms with Crippen molar-refractivity contribution in [1.29, 1.82) is 0 Å². The van der Waals surface area contributed by atoms with Crippen LogP contribution >= 0.6 is 11.6 Å². The first-order valence-electron chi connectivity index (χ1n) is 9.14. The number of benzene rings is 1. The number of aromatic amines is 1. The molecule has 0 bridgehead atoms. The van der Waals surface area contributed by atoms with Crippen molar-refractivity contribution in [2.45, 2.75) is 32.4 Å². The van der Waals surface area contributed by atoms with Crippen molar-refractivity contribution >= 4 is 40.1 Å². The Balaban J connectivity index is 1.63. The number of piperidine rings is 1. The van der Waals surface area contributed by atoms with Crippen LogP contribution in [0.3, 0.4) is 0 Å². The molecule has 3 rings (SSSR count). The lowest BCUT2D eigenvalue weighted by atomic mass is 10.0. The van der Waals surface area contributed by atoms with Crippen molar-refractivity contribution in [3.05, 3.63) is 28.9 Å². The van der Waals surface area contributed by atoms with Crippen LogP contribution in [0.15, 0.2) is 18.2 Å². The van der Waals surface area contributed by atoms with E-state index in [-0.39, 0.29) is 18.0 Å². The van der Waals surface area contributed by atoms with Gasteiger partial charge in [0.25, 0.3) is 0 Å². The van der Waals surface area contributed by atoms with Crippen molar-refractivity contribution in [2.75, 3.05) is 32.5 Å². The van der Waals surface area contributed by atoms with Crippen LogP contribution in [0.2, 0.25) is 5.02 Å². The van der Waals surface area contributed by atoms with E-state index in [4.69, 9.17) is 11.6 Å². The average molecular weight is 392 g/mol. The highest BCUT2D eigenvalue weighted by Crippen LogP contribution is 2.28. The molecule has 3 amide bonds. The Kier molecular flexibility index (Phi) is 5.79. The lowest BCUT2D eigenvalue weighted by Gasteiger charge is -2.37. The number of rotatable bonds is 4. The SMILES string of the molecule is CNc1cc(Cl)cc2cc(CNC(=O)N(C)[C@@H]3CCCN(C(C)=O)C3)[nH]c12. The van der Waals surface area contributed by atoms with Gasteiger partial charge in [-0.25, -0.2) is 4.79 Å². The minimum atomic E-state index is -0.143. The summed E-state index contributed by atoms with van der Waals surface area (Å²) in [6.45, 7) is 3.33. The van der Waals surface area contributed by atoms with Gasteiger partial charge in [0.05, 0.1) is 23.8 Å². The second-order valence-corrected chi connectivity index (χ2v) is 7.43. The van der Waals surface area contributed by atoms with Crippen molar-refractivity contribution in [1.82, 2.24) is 20.1 Å². The van der Waals surface area contributed by atoms with E-state index in [1.54, 1.807) is 23.8 Å². The number of fused-ring (bicyclic) bond motifs is 1. The van der Waals surface area contributed by atoms with Gasteiger partial charge in [0.2, 0.25) is 5.91 Å². The van der Waals surface area contributed by atoms with Crippen LogP contribution in [0, 0.1) is 0 Å². The van der Waals surface area contributed by atoms with Gasteiger partial charge in [0, 0.05) is 50.2 Å². The summed E-state index contributed by atoms with van der Waals surface area (Å²) in [5.74, 6) is 0.0607. The summed E-state index contributed by atoms with van der Waals surface area (Å²) >= 11 is 6.14. The number of urea groups is 1. The molecule has 27 heavy (non-hydrogen) atoms. The lowest BCUT2D eigenvalue weighted by molar-refractivity contribution is -0.130. The zero-order valence-corrected chi connectivity index (χ0v) is 16.7. The van der Waals surface area contributed by atoms with Crippen molar-refractivity contribution in [3.63, 3.8) is 0 Å². The Labute approximate surface area is 164 Å². The van der Waals surface area contributed by atoms with E-state index in [1.807, 2.05) is 25.2 Å². The number of hydrogen-bond acceptors (Lipinski definition) is 3. The zero-order valence-electron chi connectivity index (χ0n) is 15.9. The smallest absolute Gasteiger partial charge is 0.317 e. The van der Waals surface area contributed by atoms with Crippen molar-refractivity contribution in [2.24, 2.45) is 0 Å². The minimum Gasteiger partial charge on any atom is -0.386 e. The van der Waals surface area contributed by atoms with Gasteiger partial charge >= 0.3 is 6.03 Å². The first-order chi connectivity index (χ1) is 12.9. The maximum Gasteiger partial charge on any atom is 0.317 e. The fourth-order valence-corrected chi connectivity index (χ4v) is 3.80. The van der Waals surface area contributed by atoms with E-state index < -0.39 is 0 Å². The van der Waals surface area contributed by atoms with Crippen LogP contribution in [-0.4, -0.2) is 59.9 Å². The van der Waals surface area contributed by atoms with Gasteiger partial charge < -0.3 is 25.4 Å². The summed E-state index contributed by atoms with van der Waals surface area (Å²) in [6, 6.07) is 5.64. The van der Waals surface area contributed by atoms with E-state index in [2.05, 4.69) is 15.6 Å². The molecule has 0 radical (unpaired) electrons. The number of carbonyl (C=O) groups is 2. The number of likely N-dealkylation sites (N-methyl/N-ethyl adjacent to an activating group) is 1. The fourth-order valence-electron chi connectivity index (χ4n) is 3.58. The van der Waals surface area contributed by atoms with E-state index in [1.165, 1.54) is 0 Å². The Morgan fingerprint density at radius 2 is 2.15 bits per heavy atom. The number of nitrogens with zero attached hydrogens (tertiary/aromatic N) is 2. The predicted molar refractivity (Wildman–Crippen MR) is 108 cm³/mol. The topological polar surface area (TPSA) is 80.5 Å². The molecule has 2 aromatic rings. The lowest BCUT2D eigenvalue weighted by Crippen LogP contribution is -2.52. The maximum absolute atomic E-state index is 12.5. The third-order valence-electron chi connectivity index (χ3n) is 5.16. The van der Waals surface area contributed by atoms with E-state index in [0.717, 1.165) is 41.7 Å². The third kappa shape index (κ3) is 4.30. The van der Waals surface area contributed by atoms with Gasteiger partial charge in [-0.2, -0.15) is 0 Å². The molecule has 3 N–H and O–H groups in total. The number of aromatic nitrogens is 1. The average Bonchev–Trinajstić information content (AvgIpc) is 3.07. The third-order valence-corrected chi connectivity index (χ3v) is 5.38. The molecule has 2 heterocycles. The Bertz CT molecular complexity index is 850. The van der Waals surface area contributed by atoms with Crippen LogP contribution in [0.1, 0.15) is 25.5 Å². The number of H-pyrrole nitrogens is 1. The molecule has 0 spiro atoms. The molecule has 1 saturated heterocycles. The number of anilines is 1. The van der Waals surface area contributed by atoms with Gasteiger partial charge in [-0.3, -0.25) is 4.79 Å². The van der Waals surface area contributed by atoms with Crippen LogP contribution < -0.4 is 10.6 Å². The molecule has 0 aliphatic carbocycles. The minimum absolute atomic E-state index is 0.0417. The molecule has 8 heteroatoms.